The van der Waals surface area contributed by atoms with Gasteiger partial charge in [0.1, 0.15) is 5.82 Å². The summed E-state index contributed by atoms with van der Waals surface area (Å²) in [5, 5.41) is 9.74. The highest BCUT2D eigenvalue weighted by Gasteiger charge is 2.31. The van der Waals surface area contributed by atoms with Crippen molar-refractivity contribution in [2.24, 2.45) is 0 Å². The Morgan fingerprint density at radius 3 is 2.50 bits per heavy atom. The van der Waals surface area contributed by atoms with Crippen LogP contribution >= 0.6 is 11.6 Å². The first kappa shape index (κ1) is 27.2. The van der Waals surface area contributed by atoms with Crippen LogP contribution in [-0.4, -0.2) is 33.4 Å². The average Bonchev–Trinajstić information content (AvgIpc) is 3.14. The van der Waals surface area contributed by atoms with Gasteiger partial charge in [0.25, 0.3) is 5.91 Å². The van der Waals surface area contributed by atoms with Crippen LogP contribution in [0.5, 0.6) is 0 Å². The highest BCUT2D eigenvalue weighted by atomic mass is 35.5. The molecule has 0 bridgehead atoms. The first-order valence-corrected chi connectivity index (χ1v) is 11.6. The number of rotatable bonds is 2. The molecule has 0 aliphatic carbocycles. The number of aryl methyl sites for hydroxylation is 2. The van der Waals surface area contributed by atoms with Gasteiger partial charge in [-0.1, -0.05) is 45.4 Å². The van der Waals surface area contributed by atoms with E-state index in [1.54, 1.807) is 18.2 Å². The van der Waals surface area contributed by atoms with Crippen LogP contribution in [-0.2, 0) is 6.42 Å². The summed E-state index contributed by atoms with van der Waals surface area (Å²) in [6.45, 7) is 16.2. The van der Waals surface area contributed by atoms with Crippen molar-refractivity contribution < 1.29 is 4.79 Å². The lowest BCUT2D eigenvalue weighted by Crippen LogP contribution is -2.39. The third-order valence-corrected chi connectivity index (χ3v) is 5.44. The van der Waals surface area contributed by atoms with Crippen LogP contribution in [0.3, 0.4) is 0 Å². The van der Waals surface area contributed by atoms with Crippen molar-refractivity contribution in [2.75, 3.05) is 6.54 Å². The number of allylic oxidation sites excluding steroid dienone is 3. The van der Waals surface area contributed by atoms with E-state index in [-0.39, 0.29) is 11.9 Å². The molecule has 0 saturated carbocycles. The van der Waals surface area contributed by atoms with Crippen LogP contribution in [0.15, 0.2) is 35.4 Å². The van der Waals surface area contributed by atoms with E-state index in [2.05, 4.69) is 16.0 Å². The third-order valence-electron chi connectivity index (χ3n) is 5.11. The van der Waals surface area contributed by atoms with E-state index in [0.717, 1.165) is 28.3 Å². The molecule has 1 N–H and O–H groups in total. The minimum Gasteiger partial charge on any atom is -0.346 e. The second-order valence-electron chi connectivity index (χ2n) is 6.99. The first-order chi connectivity index (χ1) is 15.3. The number of imidazole rings is 1. The largest absolute Gasteiger partial charge is 0.346 e. The maximum Gasteiger partial charge on any atom is 0.254 e. The molecule has 2 aromatic rings. The quantitative estimate of drug-likeness (QED) is 0.558. The Morgan fingerprint density at radius 2 is 1.94 bits per heavy atom. The second kappa shape index (κ2) is 12.9. The van der Waals surface area contributed by atoms with Crippen LogP contribution in [0.25, 0.3) is 5.57 Å². The van der Waals surface area contributed by atoms with Gasteiger partial charge in [0, 0.05) is 34.8 Å². The monoisotopic (exact) mass is 454 g/mol. The van der Waals surface area contributed by atoms with E-state index in [1.165, 1.54) is 0 Å². The number of halogens is 1. The molecule has 0 spiro atoms. The number of aromatic amines is 1. The lowest BCUT2D eigenvalue weighted by atomic mass is 10.0. The van der Waals surface area contributed by atoms with Gasteiger partial charge < -0.3 is 9.88 Å². The van der Waals surface area contributed by atoms with Crippen molar-refractivity contribution in [3.63, 3.8) is 0 Å². The van der Waals surface area contributed by atoms with Crippen molar-refractivity contribution >= 4 is 23.1 Å². The number of hydrogen-bond donors (Lipinski definition) is 1. The molecule has 1 aliphatic rings. The number of H-pyrrole nitrogens is 1. The Hall–Kier alpha value is -2.84. The Morgan fingerprint density at radius 1 is 1.28 bits per heavy atom. The highest BCUT2D eigenvalue weighted by Crippen LogP contribution is 2.31. The molecule has 1 aromatic heterocycles. The van der Waals surface area contributed by atoms with E-state index >= 15 is 0 Å². The number of aromatic nitrogens is 2. The van der Waals surface area contributed by atoms with E-state index < -0.39 is 0 Å². The number of benzene rings is 1. The zero-order chi connectivity index (χ0) is 24.4. The van der Waals surface area contributed by atoms with Crippen molar-refractivity contribution in [3.8, 4) is 6.07 Å². The number of nitriles is 1. The summed E-state index contributed by atoms with van der Waals surface area (Å²) < 4.78 is 0. The number of amides is 1. The lowest BCUT2D eigenvalue weighted by molar-refractivity contribution is 0.0734. The summed E-state index contributed by atoms with van der Waals surface area (Å²) in [4.78, 5) is 23.1. The zero-order valence-corrected chi connectivity index (χ0v) is 21.3. The predicted molar refractivity (Wildman–Crippen MR) is 134 cm³/mol. The van der Waals surface area contributed by atoms with Gasteiger partial charge in [-0.15, -0.1) is 0 Å². The molecule has 1 aliphatic heterocycles. The SMILES string of the molecule is C/C=C(Cl)\C=C1\c2nc(C)[nH]c2CCN(C(=O)c2ccc(C#N)c(C)c2)C1C.CC.CC. The maximum atomic E-state index is 13.3. The summed E-state index contributed by atoms with van der Waals surface area (Å²) in [6, 6.07) is 7.15. The number of carbonyl (C=O) groups excluding carboxylic acids is 1. The van der Waals surface area contributed by atoms with Gasteiger partial charge in [0.15, 0.2) is 0 Å². The van der Waals surface area contributed by atoms with Gasteiger partial charge in [-0.3, -0.25) is 4.79 Å². The Balaban J connectivity index is 0.00000121. The Kier molecular flexibility index (Phi) is 10.9. The molecule has 0 fully saturated rings. The fraction of sp³-hybridized carbons (Fsp3) is 0.423. The molecule has 172 valence electrons. The molecule has 5 nitrogen and oxygen atoms in total. The summed E-state index contributed by atoms with van der Waals surface area (Å²) in [5.41, 5.74) is 4.76. The number of hydrogen-bond acceptors (Lipinski definition) is 3. The van der Waals surface area contributed by atoms with Gasteiger partial charge >= 0.3 is 0 Å². The molecule has 2 heterocycles. The lowest BCUT2D eigenvalue weighted by Gasteiger charge is -2.29. The molecule has 3 rings (SSSR count). The van der Waals surface area contributed by atoms with Crippen LogP contribution in [0.2, 0.25) is 0 Å². The number of nitrogens with one attached hydrogen (secondary N) is 1. The van der Waals surface area contributed by atoms with E-state index in [9.17, 15) is 4.79 Å². The normalized spacial score (nSPS) is 16.6. The predicted octanol–water partition coefficient (Wildman–Crippen LogP) is 6.56. The molecule has 1 atom stereocenters. The molecule has 1 amide bonds. The molecule has 0 radical (unpaired) electrons. The number of fused-ring (bicyclic) bond motifs is 1. The van der Waals surface area contributed by atoms with Gasteiger partial charge in [-0.25, -0.2) is 4.98 Å². The average molecular weight is 455 g/mol. The Labute approximate surface area is 197 Å². The van der Waals surface area contributed by atoms with Crippen molar-refractivity contribution in [3.05, 3.63) is 69.3 Å². The van der Waals surface area contributed by atoms with Crippen LogP contribution < -0.4 is 0 Å². The first-order valence-electron chi connectivity index (χ1n) is 11.3. The van der Waals surface area contributed by atoms with Gasteiger partial charge in [-0.2, -0.15) is 5.26 Å². The Bertz CT molecular complexity index is 1030. The van der Waals surface area contributed by atoms with Gasteiger partial charge in [0.05, 0.1) is 23.4 Å². The summed E-state index contributed by atoms with van der Waals surface area (Å²) in [5.74, 6) is 0.784. The maximum absolute atomic E-state index is 13.3. The minimum atomic E-state index is -0.193. The zero-order valence-electron chi connectivity index (χ0n) is 20.5. The van der Waals surface area contributed by atoms with Crippen LogP contribution in [0.1, 0.15) is 80.2 Å². The molecule has 0 saturated heterocycles. The topological polar surface area (TPSA) is 72.8 Å². The third kappa shape index (κ3) is 6.11. The number of nitrogens with zero attached hydrogens (tertiary/aromatic N) is 3. The van der Waals surface area contributed by atoms with E-state index in [0.29, 0.717) is 29.1 Å². The molecule has 1 aromatic carbocycles. The molecule has 32 heavy (non-hydrogen) atoms. The van der Waals surface area contributed by atoms with Crippen molar-refractivity contribution in [1.82, 2.24) is 14.9 Å². The molecule has 6 heteroatoms. The van der Waals surface area contributed by atoms with Crippen molar-refractivity contribution in [2.45, 2.75) is 67.9 Å². The smallest absolute Gasteiger partial charge is 0.254 e. The van der Waals surface area contributed by atoms with Crippen LogP contribution in [0.4, 0.5) is 0 Å². The van der Waals surface area contributed by atoms with Crippen molar-refractivity contribution in [1.29, 1.82) is 5.26 Å². The molecular weight excluding hydrogens is 420 g/mol. The minimum absolute atomic E-state index is 0.0653. The fourth-order valence-corrected chi connectivity index (χ4v) is 3.66. The summed E-state index contributed by atoms with van der Waals surface area (Å²) >= 11 is 6.30. The highest BCUT2D eigenvalue weighted by molar-refractivity contribution is 6.31. The fourth-order valence-electron chi connectivity index (χ4n) is 3.54. The second-order valence-corrected chi connectivity index (χ2v) is 7.43. The van der Waals surface area contributed by atoms with Crippen LogP contribution in [0, 0.1) is 25.2 Å². The number of carbonyl (C=O) groups is 1. The molecule has 1 unspecified atom stereocenters. The van der Waals surface area contributed by atoms with E-state index in [4.69, 9.17) is 16.9 Å². The van der Waals surface area contributed by atoms with Gasteiger partial charge in [-0.05, 0) is 57.5 Å². The molecular formula is C26H35ClN4O. The van der Waals surface area contributed by atoms with E-state index in [1.807, 2.05) is 72.4 Å². The summed E-state index contributed by atoms with van der Waals surface area (Å²) in [6.07, 6.45) is 4.40. The summed E-state index contributed by atoms with van der Waals surface area (Å²) in [7, 11) is 0. The standard InChI is InChI=1S/C22H23ClN4O.2C2H6/c1-5-18(23)11-19-14(3)27(9-8-20-21(19)26-15(4)25-20)22(28)16-6-7-17(12-24)13(2)10-16;2*1-2/h5-7,10-11,14H,8-9H2,1-4H3,(H,25,26);2*1-2H3/b18-5+,19-11+;;. The van der Waals surface area contributed by atoms with Gasteiger partial charge in [0.2, 0.25) is 0 Å².